The van der Waals surface area contributed by atoms with Crippen LogP contribution in [0.4, 0.5) is 0 Å². The molecule has 2 heteroatoms. The van der Waals surface area contributed by atoms with Crippen molar-refractivity contribution in [1.82, 2.24) is 4.57 Å². The van der Waals surface area contributed by atoms with E-state index < -0.39 is 0 Å². The minimum Gasteiger partial charge on any atom is -0.343 e. The summed E-state index contributed by atoms with van der Waals surface area (Å²) < 4.78 is 2.29. The Morgan fingerprint density at radius 2 is 1.33 bits per heavy atom. The molecule has 0 unspecified atom stereocenters. The molecule has 1 aromatic heterocycles. The Bertz CT molecular complexity index is 1320. The molecule has 2 nitrogen and oxygen atoms in total. The maximum absolute atomic E-state index is 9.14. The van der Waals surface area contributed by atoms with Crippen molar-refractivity contribution < 1.29 is 0 Å². The minimum atomic E-state index is 0.700. The second-order valence-corrected chi connectivity index (χ2v) is 6.25. The number of nitrogens with zero attached hydrogens (tertiary/aromatic N) is 2. The van der Waals surface area contributed by atoms with Gasteiger partial charge in [0.2, 0.25) is 0 Å². The van der Waals surface area contributed by atoms with Gasteiger partial charge >= 0.3 is 0 Å². The number of nitriles is 1. The monoisotopic (exact) mass is 306 g/mol. The zero-order valence-electron chi connectivity index (χ0n) is 13.2. The standard InChI is InChI=1S/C22H14N2/c1-24-21-17-5-3-2-4-15(17)7-10-19(21)20-11-8-16-12-14(13-23)6-9-18(16)22(20)24/h2-12H,1H3. The summed E-state index contributed by atoms with van der Waals surface area (Å²) in [6.07, 6.45) is 0. The highest BCUT2D eigenvalue weighted by atomic mass is 14.9. The lowest BCUT2D eigenvalue weighted by molar-refractivity contribution is 1.02. The van der Waals surface area contributed by atoms with Crippen LogP contribution < -0.4 is 0 Å². The number of benzene rings is 4. The Morgan fingerprint density at radius 3 is 2.08 bits per heavy atom. The molecule has 0 N–H and O–H groups in total. The molecular weight excluding hydrogens is 292 g/mol. The molecular formula is C22H14N2. The molecule has 0 saturated carbocycles. The summed E-state index contributed by atoms with van der Waals surface area (Å²) in [7, 11) is 2.13. The third-order valence-corrected chi connectivity index (χ3v) is 4.98. The highest BCUT2D eigenvalue weighted by molar-refractivity contribution is 6.22. The maximum atomic E-state index is 9.14. The van der Waals surface area contributed by atoms with E-state index in [1.807, 2.05) is 12.1 Å². The van der Waals surface area contributed by atoms with Crippen molar-refractivity contribution in [3.05, 3.63) is 72.3 Å². The summed E-state index contributed by atoms with van der Waals surface area (Å²) in [6.45, 7) is 0. The van der Waals surface area contributed by atoms with Crippen LogP contribution in [-0.2, 0) is 7.05 Å². The van der Waals surface area contributed by atoms with Gasteiger partial charge in [-0.05, 0) is 22.9 Å². The van der Waals surface area contributed by atoms with E-state index in [1.54, 1.807) is 0 Å². The number of rotatable bonds is 0. The average Bonchev–Trinajstić information content (AvgIpc) is 2.94. The van der Waals surface area contributed by atoms with Gasteiger partial charge in [0.15, 0.2) is 0 Å². The van der Waals surface area contributed by atoms with E-state index in [0.717, 1.165) is 5.39 Å². The second kappa shape index (κ2) is 4.59. The van der Waals surface area contributed by atoms with Gasteiger partial charge in [-0.25, -0.2) is 0 Å². The van der Waals surface area contributed by atoms with Gasteiger partial charge in [-0.2, -0.15) is 5.26 Å². The Kier molecular flexibility index (Phi) is 2.52. The third-order valence-electron chi connectivity index (χ3n) is 4.98. The molecule has 24 heavy (non-hydrogen) atoms. The fourth-order valence-electron chi connectivity index (χ4n) is 3.91. The molecule has 112 valence electrons. The predicted octanol–water partition coefficient (Wildman–Crippen LogP) is 5.51. The normalized spacial score (nSPS) is 11.5. The fourth-order valence-corrected chi connectivity index (χ4v) is 3.91. The van der Waals surface area contributed by atoms with Gasteiger partial charge in [-0.3, -0.25) is 0 Å². The van der Waals surface area contributed by atoms with E-state index in [4.69, 9.17) is 5.26 Å². The summed E-state index contributed by atoms with van der Waals surface area (Å²) in [4.78, 5) is 0. The van der Waals surface area contributed by atoms with Crippen LogP contribution in [-0.4, -0.2) is 4.57 Å². The summed E-state index contributed by atoms with van der Waals surface area (Å²) in [6, 6.07) is 25.4. The van der Waals surface area contributed by atoms with Crippen LogP contribution in [0.2, 0.25) is 0 Å². The molecule has 0 bridgehead atoms. The first-order chi connectivity index (χ1) is 11.8. The molecule has 0 aliphatic heterocycles. The quantitative estimate of drug-likeness (QED) is 0.371. The molecule has 0 saturated heterocycles. The van der Waals surface area contributed by atoms with Crippen LogP contribution >= 0.6 is 0 Å². The lowest BCUT2D eigenvalue weighted by Gasteiger charge is -2.05. The Labute approximate surface area is 139 Å². The molecule has 0 amide bonds. The van der Waals surface area contributed by atoms with Crippen molar-refractivity contribution in [2.45, 2.75) is 0 Å². The van der Waals surface area contributed by atoms with E-state index in [0.29, 0.717) is 5.56 Å². The molecule has 0 radical (unpaired) electrons. The van der Waals surface area contributed by atoms with E-state index in [9.17, 15) is 0 Å². The highest BCUT2D eigenvalue weighted by Crippen LogP contribution is 2.36. The molecule has 0 aliphatic carbocycles. The third kappa shape index (κ3) is 1.59. The van der Waals surface area contributed by atoms with Gasteiger partial charge in [0.1, 0.15) is 0 Å². The van der Waals surface area contributed by atoms with Gasteiger partial charge in [-0.1, -0.05) is 54.6 Å². The van der Waals surface area contributed by atoms with Gasteiger partial charge in [-0.15, -0.1) is 0 Å². The number of fused-ring (bicyclic) bond motifs is 7. The minimum absolute atomic E-state index is 0.700. The van der Waals surface area contributed by atoms with Gasteiger partial charge in [0.05, 0.1) is 22.7 Å². The van der Waals surface area contributed by atoms with Crippen LogP contribution in [0, 0.1) is 11.3 Å². The Balaban J connectivity index is 2.06. The number of hydrogen-bond donors (Lipinski definition) is 0. The van der Waals surface area contributed by atoms with Crippen molar-refractivity contribution in [3.8, 4) is 6.07 Å². The van der Waals surface area contributed by atoms with Crippen molar-refractivity contribution >= 4 is 43.4 Å². The van der Waals surface area contributed by atoms with Crippen LogP contribution in [0.5, 0.6) is 0 Å². The molecule has 0 spiro atoms. The molecule has 1 heterocycles. The maximum Gasteiger partial charge on any atom is 0.0991 e. The molecule has 0 atom stereocenters. The van der Waals surface area contributed by atoms with Gasteiger partial charge in [0, 0.05) is 28.6 Å². The van der Waals surface area contributed by atoms with Crippen LogP contribution in [0.15, 0.2) is 66.7 Å². The molecule has 5 aromatic rings. The van der Waals surface area contributed by atoms with Crippen molar-refractivity contribution in [3.63, 3.8) is 0 Å². The van der Waals surface area contributed by atoms with Crippen LogP contribution in [0.1, 0.15) is 5.56 Å². The first-order valence-electron chi connectivity index (χ1n) is 8.00. The molecule has 0 fully saturated rings. The zero-order valence-corrected chi connectivity index (χ0v) is 13.2. The Hall–Kier alpha value is -3.31. The number of aryl methyl sites for hydroxylation is 1. The molecule has 0 aliphatic rings. The van der Waals surface area contributed by atoms with Gasteiger partial charge in [0.25, 0.3) is 0 Å². The number of hydrogen-bond acceptors (Lipinski definition) is 1. The van der Waals surface area contributed by atoms with Crippen molar-refractivity contribution in [1.29, 1.82) is 5.26 Å². The summed E-state index contributed by atoms with van der Waals surface area (Å²) in [5.74, 6) is 0. The smallest absolute Gasteiger partial charge is 0.0991 e. The predicted molar refractivity (Wildman–Crippen MR) is 100 cm³/mol. The van der Waals surface area contributed by atoms with E-state index >= 15 is 0 Å². The SMILES string of the molecule is Cn1c2c3ccccc3ccc2c2ccc3cc(C#N)ccc3c21. The molecule has 4 aromatic carbocycles. The summed E-state index contributed by atoms with van der Waals surface area (Å²) in [5.41, 5.74) is 3.19. The van der Waals surface area contributed by atoms with Crippen LogP contribution in [0.3, 0.4) is 0 Å². The summed E-state index contributed by atoms with van der Waals surface area (Å²) in [5, 5.41) is 16.5. The molecule has 5 rings (SSSR count). The highest BCUT2D eigenvalue weighted by Gasteiger charge is 2.13. The average molecular weight is 306 g/mol. The van der Waals surface area contributed by atoms with E-state index in [-0.39, 0.29) is 0 Å². The van der Waals surface area contributed by atoms with E-state index in [2.05, 4.69) is 72.3 Å². The zero-order chi connectivity index (χ0) is 16.3. The first-order valence-corrected chi connectivity index (χ1v) is 8.00. The van der Waals surface area contributed by atoms with Crippen LogP contribution in [0.25, 0.3) is 43.4 Å². The topological polar surface area (TPSA) is 28.7 Å². The van der Waals surface area contributed by atoms with Gasteiger partial charge < -0.3 is 4.57 Å². The lowest BCUT2D eigenvalue weighted by Crippen LogP contribution is -1.89. The largest absolute Gasteiger partial charge is 0.343 e. The number of aromatic nitrogens is 1. The Morgan fingerprint density at radius 1 is 0.708 bits per heavy atom. The second-order valence-electron chi connectivity index (χ2n) is 6.25. The first kappa shape index (κ1) is 13.2. The fraction of sp³-hybridized carbons (Fsp3) is 0.0455. The lowest BCUT2D eigenvalue weighted by atomic mass is 10.0. The van der Waals surface area contributed by atoms with Crippen molar-refractivity contribution in [2.75, 3.05) is 0 Å². The summed E-state index contributed by atoms with van der Waals surface area (Å²) >= 11 is 0. The van der Waals surface area contributed by atoms with Crippen molar-refractivity contribution in [2.24, 2.45) is 7.05 Å². The van der Waals surface area contributed by atoms with E-state index in [1.165, 1.54) is 38.0 Å².